The van der Waals surface area contributed by atoms with E-state index in [4.69, 9.17) is 17.3 Å². The number of rotatable bonds is 6. The van der Waals surface area contributed by atoms with Crippen LogP contribution in [0.3, 0.4) is 0 Å². The van der Waals surface area contributed by atoms with Crippen LogP contribution in [0.15, 0.2) is 35.7 Å². The van der Waals surface area contributed by atoms with E-state index in [-0.39, 0.29) is 6.04 Å². The number of anilines is 1. The number of nitrogens with zero attached hydrogens (tertiary/aromatic N) is 1. The fraction of sp³-hybridized carbons (Fsp3) is 0.375. The SMILES string of the molecule is CCC(N)Cc1ccc(Cl)cc1N(C)Cc1cccs1. The van der Waals surface area contributed by atoms with E-state index in [1.807, 2.05) is 12.1 Å². The zero-order valence-electron chi connectivity index (χ0n) is 12.0. The van der Waals surface area contributed by atoms with E-state index < -0.39 is 0 Å². The molecule has 108 valence electrons. The number of hydrogen-bond acceptors (Lipinski definition) is 3. The van der Waals surface area contributed by atoms with Gasteiger partial charge in [-0.1, -0.05) is 30.7 Å². The van der Waals surface area contributed by atoms with Crippen molar-refractivity contribution in [1.29, 1.82) is 0 Å². The Hall–Kier alpha value is -1.03. The average Bonchev–Trinajstić information content (AvgIpc) is 2.93. The molecular weight excluding hydrogens is 288 g/mol. The van der Waals surface area contributed by atoms with Gasteiger partial charge in [0.15, 0.2) is 0 Å². The lowest BCUT2D eigenvalue weighted by molar-refractivity contribution is 0.645. The van der Waals surface area contributed by atoms with Crippen molar-refractivity contribution in [1.82, 2.24) is 0 Å². The van der Waals surface area contributed by atoms with Crippen LogP contribution in [0.1, 0.15) is 23.8 Å². The molecule has 1 heterocycles. The van der Waals surface area contributed by atoms with E-state index in [1.54, 1.807) is 11.3 Å². The van der Waals surface area contributed by atoms with Crippen molar-refractivity contribution in [3.8, 4) is 0 Å². The summed E-state index contributed by atoms with van der Waals surface area (Å²) in [6, 6.07) is 10.5. The fourth-order valence-electron chi connectivity index (χ4n) is 2.21. The molecule has 1 aromatic heterocycles. The zero-order valence-corrected chi connectivity index (χ0v) is 13.5. The Labute approximate surface area is 130 Å². The summed E-state index contributed by atoms with van der Waals surface area (Å²) in [4.78, 5) is 3.59. The van der Waals surface area contributed by atoms with Crippen LogP contribution in [0.4, 0.5) is 5.69 Å². The molecular formula is C16H21ClN2S. The van der Waals surface area contributed by atoms with Gasteiger partial charge in [-0.3, -0.25) is 0 Å². The van der Waals surface area contributed by atoms with Crippen LogP contribution in [0, 0.1) is 0 Å². The Bertz CT molecular complexity index is 539. The third-order valence-corrected chi connectivity index (χ3v) is 4.53. The number of benzene rings is 1. The van der Waals surface area contributed by atoms with Crippen LogP contribution in [-0.2, 0) is 13.0 Å². The lowest BCUT2D eigenvalue weighted by Gasteiger charge is -2.23. The van der Waals surface area contributed by atoms with Crippen molar-refractivity contribution in [2.75, 3.05) is 11.9 Å². The normalized spacial score (nSPS) is 12.4. The van der Waals surface area contributed by atoms with Gasteiger partial charge in [0.2, 0.25) is 0 Å². The van der Waals surface area contributed by atoms with Gasteiger partial charge in [0, 0.05) is 28.7 Å². The van der Waals surface area contributed by atoms with Crippen molar-refractivity contribution in [2.24, 2.45) is 5.73 Å². The molecule has 0 bridgehead atoms. The topological polar surface area (TPSA) is 29.3 Å². The molecule has 0 saturated carbocycles. The Kier molecular flexibility index (Phi) is 5.46. The van der Waals surface area contributed by atoms with Gasteiger partial charge < -0.3 is 10.6 Å². The Morgan fingerprint density at radius 3 is 2.80 bits per heavy atom. The highest BCUT2D eigenvalue weighted by molar-refractivity contribution is 7.09. The fourth-order valence-corrected chi connectivity index (χ4v) is 3.14. The minimum Gasteiger partial charge on any atom is -0.369 e. The predicted molar refractivity (Wildman–Crippen MR) is 89.8 cm³/mol. The lowest BCUT2D eigenvalue weighted by atomic mass is 10.0. The molecule has 1 aromatic carbocycles. The molecule has 2 aromatic rings. The molecule has 20 heavy (non-hydrogen) atoms. The zero-order chi connectivity index (χ0) is 14.5. The second kappa shape index (κ2) is 7.11. The molecule has 2 nitrogen and oxygen atoms in total. The van der Waals surface area contributed by atoms with Gasteiger partial charge >= 0.3 is 0 Å². The maximum atomic E-state index is 6.16. The molecule has 2 N–H and O–H groups in total. The molecule has 2 rings (SSSR count). The number of nitrogens with two attached hydrogens (primary N) is 1. The highest BCUT2D eigenvalue weighted by atomic mass is 35.5. The van der Waals surface area contributed by atoms with Crippen LogP contribution >= 0.6 is 22.9 Å². The summed E-state index contributed by atoms with van der Waals surface area (Å²) in [5.74, 6) is 0. The molecule has 0 aliphatic heterocycles. The molecule has 4 heteroatoms. The van der Waals surface area contributed by atoms with E-state index in [9.17, 15) is 0 Å². The van der Waals surface area contributed by atoms with Crippen LogP contribution in [0.5, 0.6) is 0 Å². The van der Waals surface area contributed by atoms with Gasteiger partial charge in [-0.05, 0) is 42.0 Å². The molecule has 0 aliphatic rings. The van der Waals surface area contributed by atoms with Crippen LogP contribution in [0.2, 0.25) is 5.02 Å². The molecule has 0 radical (unpaired) electrons. The van der Waals surface area contributed by atoms with E-state index in [2.05, 4.69) is 42.5 Å². The number of thiophene rings is 1. The summed E-state index contributed by atoms with van der Waals surface area (Å²) >= 11 is 7.93. The van der Waals surface area contributed by atoms with Crippen LogP contribution in [0.25, 0.3) is 0 Å². The minimum absolute atomic E-state index is 0.199. The van der Waals surface area contributed by atoms with Gasteiger partial charge in [0.05, 0.1) is 6.54 Å². The second-order valence-corrected chi connectivity index (χ2v) is 6.55. The van der Waals surface area contributed by atoms with Gasteiger partial charge in [-0.25, -0.2) is 0 Å². The van der Waals surface area contributed by atoms with Gasteiger partial charge in [0.25, 0.3) is 0 Å². The third kappa shape index (κ3) is 3.98. The summed E-state index contributed by atoms with van der Waals surface area (Å²) in [5.41, 5.74) is 8.54. The summed E-state index contributed by atoms with van der Waals surface area (Å²) in [6.45, 7) is 3.02. The molecule has 1 unspecified atom stereocenters. The average molecular weight is 309 g/mol. The first-order valence-corrected chi connectivity index (χ1v) is 8.13. The van der Waals surface area contributed by atoms with Crippen molar-refractivity contribution in [2.45, 2.75) is 32.4 Å². The number of halogens is 1. The smallest absolute Gasteiger partial charge is 0.0519 e. The minimum atomic E-state index is 0.199. The second-order valence-electron chi connectivity index (χ2n) is 5.08. The molecule has 0 saturated heterocycles. The largest absolute Gasteiger partial charge is 0.369 e. The quantitative estimate of drug-likeness (QED) is 0.861. The molecule has 0 aliphatic carbocycles. The monoisotopic (exact) mass is 308 g/mol. The van der Waals surface area contributed by atoms with Gasteiger partial charge in [0.1, 0.15) is 0 Å². The van der Waals surface area contributed by atoms with E-state index >= 15 is 0 Å². The van der Waals surface area contributed by atoms with Gasteiger partial charge in [-0.15, -0.1) is 11.3 Å². The Morgan fingerprint density at radius 2 is 2.15 bits per heavy atom. The van der Waals surface area contributed by atoms with Crippen LogP contribution in [-0.4, -0.2) is 13.1 Å². The summed E-state index contributed by atoms with van der Waals surface area (Å²) in [7, 11) is 2.10. The van der Waals surface area contributed by atoms with Gasteiger partial charge in [-0.2, -0.15) is 0 Å². The maximum absolute atomic E-state index is 6.16. The lowest BCUT2D eigenvalue weighted by Crippen LogP contribution is -2.24. The number of hydrogen-bond donors (Lipinski definition) is 1. The van der Waals surface area contributed by atoms with Crippen molar-refractivity contribution >= 4 is 28.6 Å². The van der Waals surface area contributed by atoms with E-state index in [0.717, 1.165) is 24.4 Å². The first kappa shape index (κ1) is 15.4. The van der Waals surface area contributed by atoms with Crippen LogP contribution < -0.4 is 10.6 Å². The van der Waals surface area contributed by atoms with Crippen molar-refractivity contribution in [3.05, 3.63) is 51.2 Å². The Morgan fingerprint density at radius 1 is 1.35 bits per heavy atom. The van der Waals surface area contributed by atoms with E-state index in [1.165, 1.54) is 16.1 Å². The molecule has 0 amide bonds. The summed E-state index contributed by atoms with van der Waals surface area (Å²) in [6.07, 6.45) is 1.87. The third-order valence-electron chi connectivity index (χ3n) is 3.44. The first-order valence-electron chi connectivity index (χ1n) is 6.87. The highest BCUT2D eigenvalue weighted by Crippen LogP contribution is 2.27. The predicted octanol–water partition coefficient (Wildman–Crippen LogP) is 4.32. The first-order chi connectivity index (χ1) is 9.60. The highest BCUT2D eigenvalue weighted by Gasteiger charge is 2.12. The maximum Gasteiger partial charge on any atom is 0.0519 e. The van der Waals surface area contributed by atoms with Crippen molar-refractivity contribution in [3.63, 3.8) is 0 Å². The van der Waals surface area contributed by atoms with Crippen molar-refractivity contribution < 1.29 is 0 Å². The van der Waals surface area contributed by atoms with E-state index in [0.29, 0.717) is 0 Å². The molecule has 0 spiro atoms. The molecule has 0 fully saturated rings. The summed E-state index contributed by atoms with van der Waals surface area (Å²) in [5, 5.41) is 2.88. The Balaban J connectivity index is 2.21. The standard InChI is InChI=1S/C16H21ClN2S/c1-3-14(18)9-12-6-7-13(17)10-16(12)19(2)11-15-5-4-8-20-15/h4-8,10,14H,3,9,11,18H2,1-2H3. The molecule has 1 atom stereocenters. The summed E-state index contributed by atoms with van der Waals surface area (Å²) < 4.78 is 0.